The van der Waals surface area contributed by atoms with E-state index in [1.54, 1.807) is 12.1 Å². The third-order valence-corrected chi connectivity index (χ3v) is 2.87. The molecule has 2 heterocycles. The molecule has 0 unspecified atom stereocenters. The maximum absolute atomic E-state index is 11.8. The van der Waals surface area contributed by atoms with Crippen LogP contribution in [-0.4, -0.2) is 25.3 Å². The van der Waals surface area contributed by atoms with Crippen molar-refractivity contribution in [2.75, 3.05) is 24.3 Å². The first-order chi connectivity index (χ1) is 10.1. The lowest BCUT2D eigenvalue weighted by molar-refractivity contribution is 0.202. The molecule has 1 aromatic carbocycles. The molecule has 3 aromatic rings. The van der Waals surface area contributed by atoms with E-state index in [9.17, 15) is 4.79 Å². The molecule has 0 aliphatic carbocycles. The van der Waals surface area contributed by atoms with Crippen molar-refractivity contribution in [2.45, 2.75) is 0 Å². The van der Waals surface area contributed by atoms with E-state index in [1.165, 1.54) is 12.3 Å². The van der Waals surface area contributed by atoms with Crippen molar-refractivity contribution in [1.82, 2.24) is 5.16 Å². The van der Waals surface area contributed by atoms with Gasteiger partial charge in [-0.3, -0.25) is 5.32 Å². The molecule has 108 valence electrons. The molecule has 0 saturated carbocycles. The number of furan rings is 1. The largest absolute Gasteiger partial charge is 0.434 e. The molecule has 7 nitrogen and oxygen atoms in total. The number of carbonyl (C=O) groups is 1. The molecule has 0 radical (unpaired) electrons. The number of carbonyl (C=O) groups excluding carboxylic acids is 1. The summed E-state index contributed by atoms with van der Waals surface area (Å²) in [6, 6.07) is 8.69. The lowest BCUT2D eigenvalue weighted by Crippen LogP contribution is -2.17. The maximum atomic E-state index is 11.8. The van der Waals surface area contributed by atoms with Crippen molar-refractivity contribution in [3.05, 3.63) is 36.6 Å². The highest BCUT2D eigenvalue weighted by molar-refractivity contribution is 6.03. The molecule has 21 heavy (non-hydrogen) atoms. The van der Waals surface area contributed by atoms with Gasteiger partial charge in [0.15, 0.2) is 11.4 Å². The Hall–Kier alpha value is -2.96. The molecule has 7 heteroatoms. The van der Waals surface area contributed by atoms with Crippen LogP contribution in [0.2, 0.25) is 0 Å². The Kier molecular flexibility index (Phi) is 3.23. The Morgan fingerprint density at radius 3 is 2.86 bits per heavy atom. The van der Waals surface area contributed by atoms with Crippen LogP contribution < -0.4 is 15.0 Å². The third-order valence-electron chi connectivity index (χ3n) is 2.87. The summed E-state index contributed by atoms with van der Waals surface area (Å²) in [5, 5.41) is 7.12. The molecule has 0 spiro atoms. The summed E-state index contributed by atoms with van der Waals surface area (Å²) in [5.41, 5.74) is 1.46. The average Bonchev–Trinajstić information content (AvgIpc) is 3.08. The molecule has 0 atom stereocenters. The van der Waals surface area contributed by atoms with E-state index in [0.717, 1.165) is 5.69 Å². The first-order valence-corrected chi connectivity index (χ1v) is 6.23. The number of hydrogen-bond donors (Lipinski definition) is 1. The minimum absolute atomic E-state index is 0.105. The van der Waals surface area contributed by atoms with Gasteiger partial charge in [-0.15, -0.1) is 0 Å². The second-order valence-electron chi connectivity index (χ2n) is 4.52. The quantitative estimate of drug-likeness (QED) is 0.797. The number of nitrogens with zero attached hydrogens (tertiary/aromatic N) is 2. The fourth-order valence-corrected chi connectivity index (χ4v) is 1.97. The van der Waals surface area contributed by atoms with Crippen molar-refractivity contribution >= 4 is 28.6 Å². The third kappa shape index (κ3) is 2.53. The van der Waals surface area contributed by atoms with E-state index in [-0.39, 0.29) is 5.95 Å². The van der Waals surface area contributed by atoms with Gasteiger partial charge in [0, 0.05) is 20.2 Å². The fourth-order valence-electron chi connectivity index (χ4n) is 1.97. The van der Waals surface area contributed by atoms with E-state index < -0.39 is 6.09 Å². The van der Waals surface area contributed by atoms with Crippen molar-refractivity contribution in [3.63, 3.8) is 0 Å². The summed E-state index contributed by atoms with van der Waals surface area (Å²) in [7, 11) is 3.79. The standard InChI is InChI=1S/C14H13N3O4/c1-17(2)9-5-3-6-10-12(9)13(16-21-10)15-14(18)20-11-7-4-8-19-11/h3-8H,1-2H3,(H,15,16,18). The van der Waals surface area contributed by atoms with Gasteiger partial charge in [0.1, 0.15) is 0 Å². The molecular weight excluding hydrogens is 274 g/mol. The first kappa shape index (κ1) is 13.0. The number of nitrogens with one attached hydrogen (secondary N) is 1. The van der Waals surface area contributed by atoms with E-state index in [0.29, 0.717) is 16.8 Å². The zero-order chi connectivity index (χ0) is 14.8. The number of amides is 1. The van der Waals surface area contributed by atoms with Gasteiger partial charge in [-0.1, -0.05) is 11.2 Å². The number of hydrogen-bond acceptors (Lipinski definition) is 6. The minimum Gasteiger partial charge on any atom is -0.434 e. The van der Waals surface area contributed by atoms with Crippen molar-refractivity contribution in [3.8, 4) is 5.95 Å². The van der Waals surface area contributed by atoms with E-state index >= 15 is 0 Å². The van der Waals surface area contributed by atoms with Crippen molar-refractivity contribution in [1.29, 1.82) is 0 Å². The van der Waals surface area contributed by atoms with Crippen LogP contribution >= 0.6 is 0 Å². The smallest absolute Gasteiger partial charge is 0.420 e. The van der Waals surface area contributed by atoms with Gasteiger partial charge < -0.3 is 18.6 Å². The summed E-state index contributed by atoms with van der Waals surface area (Å²) in [6.07, 6.45) is 0.715. The minimum atomic E-state index is -0.700. The summed E-state index contributed by atoms with van der Waals surface area (Å²) < 4.78 is 15.1. The highest BCUT2D eigenvalue weighted by Crippen LogP contribution is 2.31. The molecule has 0 saturated heterocycles. The van der Waals surface area contributed by atoms with E-state index in [2.05, 4.69) is 10.5 Å². The van der Waals surface area contributed by atoms with Crippen LogP contribution in [0.3, 0.4) is 0 Å². The second kappa shape index (κ2) is 5.20. The van der Waals surface area contributed by atoms with Gasteiger partial charge in [-0.05, 0) is 18.2 Å². The van der Waals surface area contributed by atoms with Crippen molar-refractivity contribution < 1.29 is 18.5 Å². The van der Waals surface area contributed by atoms with Gasteiger partial charge in [0.25, 0.3) is 5.95 Å². The zero-order valence-electron chi connectivity index (χ0n) is 11.5. The Bertz CT molecular complexity index is 762. The molecule has 1 amide bonds. The fraction of sp³-hybridized carbons (Fsp3) is 0.143. The Morgan fingerprint density at radius 2 is 2.14 bits per heavy atom. The van der Waals surface area contributed by atoms with Gasteiger partial charge in [0.05, 0.1) is 17.3 Å². The molecular formula is C14H13N3O4. The Balaban J connectivity index is 1.88. The molecule has 0 aliphatic heterocycles. The van der Waals surface area contributed by atoms with Crippen LogP contribution in [0.4, 0.5) is 16.3 Å². The number of anilines is 2. The lowest BCUT2D eigenvalue weighted by atomic mass is 10.2. The Morgan fingerprint density at radius 1 is 1.29 bits per heavy atom. The normalized spacial score (nSPS) is 10.6. The molecule has 0 fully saturated rings. The highest BCUT2D eigenvalue weighted by Gasteiger charge is 2.17. The van der Waals surface area contributed by atoms with Crippen LogP contribution in [-0.2, 0) is 0 Å². The number of ether oxygens (including phenoxy) is 1. The van der Waals surface area contributed by atoms with Crippen molar-refractivity contribution in [2.24, 2.45) is 0 Å². The average molecular weight is 287 g/mol. The highest BCUT2D eigenvalue weighted by atomic mass is 16.6. The molecule has 1 N–H and O–H groups in total. The SMILES string of the molecule is CN(C)c1cccc2onc(NC(=O)Oc3ccco3)c12. The molecule has 3 rings (SSSR count). The predicted octanol–water partition coefficient (Wildman–Crippen LogP) is 3.10. The van der Waals surface area contributed by atoms with Gasteiger partial charge in [-0.2, -0.15) is 0 Å². The molecule has 0 bridgehead atoms. The monoisotopic (exact) mass is 287 g/mol. The number of benzene rings is 1. The topological polar surface area (TPSA) is 80.7 Å². The Labute approximate surface area is 120 Å². The van der Waals surface area contributed by atoms with Crippen LogP contribution in [0.25, 0.3) is 11.0 Å². The first-order valence-electron chi connectivity index (χ1n) is 6.23. The molecule has 2 aromatic heterocycles. The lowest BCUT2D eigenvalue weighted by Gasteiger charge is -2.13. The zero-order valence-corrected chi connectivity index (χ0v) is 11.5. The van der Waals surface area contributed by atoms with E-state index in [4.69, 9.17) is 13.7 Å². The summed E-state index contributed by atoms with van der Waals surface area (Å²) in [6.45, 7) is 0. The van der Waals surface area contributed by atoms with Gasteiger partial charge in [0.2, 0.25) is 0 Å². The van der Waals surface area contributed by atoms with Gasteiger partial charge in [-0.25, -0.2) is 4.79 Å². The summed E-state index contributed by atoms with van der Waals surface area (Å²) in [5.74, 6) is 0.402. The summed E-state index contributed by atoms with van der Waals surface area (Å²) >= 11 is 0. The predicted molar refractivity (Wildman–Crippen MR) is 76.7 cm³/mol. The van der Waals surface area contributed by atoms with Crippen LogP contribution in [0.5, 0.6) is 5.95 Å². The van der Waals surface area contributed by atoms with Crippen LogP contribution in [0.1, 0.15) is 0 Å². The van der Waals surface area contributed by atoms with Crippen LogP contribution in [0, 0.1) is 0 Å². The number of aromatic nitrogens is 1. The molecule has 0 aliphatic rings. The van der Waals surface area contributed by atoms with Crippen LogP contribution in [0.15, 0.2) is 45.5 Å². The number of rotatable bonds is 3. The summed E-state index contributed by atoms with van der Waals surface area (Å²) in [4.78, 5) is 13.7. The maximum Gasteiger partial charge on any atom is 0.420 e. The second-order valence-corrected chi connectivity index (χ2v) is 4.52. The van der Waals surface area contributed by atoms with Gasteiger partial charge >= 0.3 is 6.09 Å². The number of fused-ring (bicyclic) bond motifs is 1. The van der Waals surface area contributed by atoms with E-state index in [1.807, 2.05) is 31.1 Å².